The number of imidazole rings is 1. The molecule has 0 aliphatic carbocycles. The van der Waals surface area contributed by atoms with E-state index in [1.54, 1.807) is 11.6 Å². The Balaban J connectivity index is 1.36. The predicted molar refractivity (Wildman–Crippen MR) is 114 cm³/mol. The molecule has 1 fully saturated rings. The van der Waals surface area contributed by atoms with Crippen LogP contribution in [-0.4, -0.2) is 72.4 Å². The average Bonchev–Trinajstić information content (AvgIpc) is 3.16. The van der Waals surface area contributed by atoms with Gasteiger partial charge in [-0.1, -0.05) is 30.3 Å². The number of nitrogens with zero attached hydrogens (tertiary/aromatic N) is 6. The molecule has 0 bridgehead atoms. The Morgan fingerprint density at radius 2 is 1.63 bits per heavy atom. The van der Waals surface area contributed by atoms with Crippen LogP contribution in [0.15, 0.2) is 46.2 Å². The Morgan fingerprint density at radius 3 is 2.33 bits per heavy atom. The zero-order chi connectivity index (χ0) is 21.3. The lowest BCUT2D eigenvalue weighted by atomic mass is 10.2. The van der Waals surface area contributed by atoms with Crippen LogP contribution in [0, 0.1) is 0 Å². The van der Waals surface area contributed by atoms with Crippen molar-refractivity contribution < 1.29 is 5.11 Å². The minimum Gasteiger partial charge on any atom is -0.390 e. The number of aliphatic hydroxyl groups excluding tert-OH is 1. The molecular formula is C21H28N6O3. The molecule has 30 heavy (non-hydrogen) atoms. The largest absolute Gasteiger partial charge is 0.390 e. The molecule has 4 rings (SSSR count). The average molecular weight is 412 g/mol. The van der Waals surface area contributed by atoms with E-state index in [4.69, 9.17) is 0 Å². The third-order valence-electron chi connectivity index (χ3n) is 5.81. The summed E-state index contributed by atoms with van der Waals surface area (Å²) < 4.78 is 4.07. The zero-order valence-electron chi connectivity index (χ0n) is 17.4. The summed E-state index contributed by atoms with van der Waals surface area (Å²) in [5, 5.41) is 10.6. The summed E-state index contributed by atoms with van der Waals surface area (Å²) in [6, 6.07) is 10.4. The molecule has 1 unspecified atom stereocenters. The number of fused-ring (bicyclic) bond motifs is 1. The summed E-state index contributed by atoms with van der Waals surface area (Å²) in [6.07, 6.45) is 0.886. The number of hydrogen-bond acceptors (Lipinski definition) is 6. The van der Waals surface area contributed by atoms with Gasteiger partial charge in [0.2, 0.25) is 0 Å². The van der Waals surface area contributed by atoms with Gasteiger partial charge >= 0.3 is 5.69 Å². The lowest BCUT2D eigenvalue weighted by molar-refractivity contribution is 0.0627. The number of aliphatic hydroxyl groups is 1. The topological polar surface area (TPSA) is 88.5 Å². The Labute approximate surface area is 174 Å². The SMILES string of the molecule is Cn1c(=O)c2c(ncn2CC(O)CN2CCN(Cc3ccccc3)CC2)n(C)c1=O. The van der Waals surface area contributed by atoms with Crippen LogP contribution in [0.4, 0.5) is 0 Å². The van der Waals surface area contributed by atoms with Crippen molar-refractivity contribution in [3.05, 3.63) is 63.1 Å². The fourth-order valence-corrected chi connectivity index (χ4v) is 4.09. The highest BCUT2D eigenvalue weighted by molar-refractivity contribution is 5.69. The van der Waals surface area contributed by atoms with Gasteiger partial charge in [-0.25, -0.2) is 9.78 Å². The number of benzene rings is 1. The fraction of sp³-hybridized carbons (Fsp3) is 0.476. The molecule has 1 saturated heterocycles. The molecule has 0 radical (unpaired) electrons. The summed E-state index contributed by atoms with van der Waals surface area (Å²) in [5.41, 5.74) is 1.18. The van der Waals surface area contributed by atoms with Crippen LogP contribution in [0.25, 0.3) is 11.2 Å². The van der Waals surface area contributed by atoms with E-state index in [2.05, 4.69) is 39.0 Å². The van der Waals surface area contributed by atoms with Crippen molar-refractivity contribution in [2.45, 2.75) is 19.2 Å². The van der Waals surface area contributed by atoms with Gasteiger partial charge in [-0.15, -0.1) is 0 Å². The predicted octanol–water partition coefficient (Wildman–Crippen LogP) is -0.388. The van der Waals surface area contributed by atoms with Gasteiger partial charge in [-0.05, 0) is 5.56 Å². The highest BCUT2D eigenvalue weighted by Crippen LogP contribution is 2.11. The molecule has 0 saturated carbocycles. The maximum atomic E-state index is 12.5. The van der Waals surface area contributed by atoms with Crippen LogP contribution in [0.3, 0.4) is 0 Å². The highest BCUT2D eigenvalue weighted by atomic mass is 16.3. The second kappa shape index (κ2) is 8.55. The van der Waals surface area contributed by atoms with Crippen LogP contribution >= 0.6 is 0 Å². The second-order valence-corrected chi connectivity index (χ2v) is 7.99. The molecule has 1 aliphatic rings. The second-order valence-electron chi connectivity index (χ2n) is 7.99. The van der Waals surface area contributed by atoms with E-state index in [1.807, 2.05) is 6.07 Å². The summed E-state index contributed by atoms with van der Waals surface area (Å²) in [4.78, 5) is 33.5. The first-order valence-corrected chi connectivity index (χ1v) is 10.2. The van der Waals surface area contributed by atoms with Crippen molar-refractivity contribution in [2.24, 2.45) is 14.1 Å². The molecule has 1 aliphatic heterocycles. The normalized spacial score (nSPS) is 16.9. The molecule has 1 aromatic carbocycles. The van der Waals surface area contributed by atoms with E-state index in [1.165, 1.54) is 23.5 Å². The van der Waals surface area contributed by atoms with E-state index in [-0.39, 0.29) is 6.54 Å². The molecular weight excluding hydrogens is 384 g/mol. The number of piperazine rings is 1. The van der Waals surface area contributed by atoms with E-state index < -0.39 is 17.4 Å². The quantitative estimate of drug-likeness (QED) is 0.594. The first-order valence-electron chi connectivity index (χ1n) is 10.2. The summed E-state index contributed by atoms with van der Waals surface area (Å²) in [7, 11) is 3.04. The van der Waals surface area contributed by atoms with Crippen molar-refractivity contribution in [3.63, 3.8) is 0 Å². The number of β-amino-alcohol motifs (C(OH)–C–C–N with tert-alkyl or cyclic N) is 1. The molecule has 9 nitrogen and oxygen atoms in total. The molecule has 0 amide bonds. The van der Waals surface area contributed by atoms with Gasteiger partial charge in [0.1, 0.15) is 0 Å². The fourth-order valence-electron chi connectivity index (χ4n) is 4.09. The van der Waals surface area contributed by atoms with Crippen molar-refractivity contribution in [3.8, 4) is 0 Å². The van der Waals surface area contributed by atoms with Gasteiger partial charge < -0.3 is 9.67 Å². The standard InChI is InChI=1S/C21H28N6O3/c1-23-19-18(20(29)24(2)21(23)30)27(15-22-19)14-17(28)13-26-10-8-25(9-11-26)12-16-6-4-3-5-7-16/h3-7,15,17,28H,8-14H2,1-2H3. The minimum atomic E-state index is -0.634. The van der Waals surface area contributed by atoms with Gasteiger partial charge in [0, 0.05) is 53.4 Å². The van der Waals surface area contributed by atoms with Crippen LogP contribution in [0.1, 0.15) is 5.56 Å². The maximum Gasteiger partial charge on any atom is 0.332 e. The Kier molecular flexibility index (Phi) is 5.85. The van der Waals surface area contributed by atoms with Gasteiger partial charge in [-0.2, -0.15) is 0 Å². The Hall–Kier alpha value is -2.75. The lowest BCUT2D eigenvalue weighted by Gasteiger charge is -2.35. The van der Waals surface area contributed by atoms with Crippen molar-refractivity contribution in [1.82, 2.24) is 28.5 Å². The molecule has 1 atom stereocenters. The summed E-state index contributed by atoms with van der Waals surface area (Å²) in [6.45, 7) is 5.44. The molecule has 3 heterocycles. The van der Waals surface area contributed by atoms with Crippen LogP contribution in [0.5, 0.6) is 0 Å². The van der Waals surface area contributed by atoms with E-state index in [0.717, 1.165) is 37.3 Å². The van der Waals surface area contributed by atoms with Gasteiger partial charge in [0.25, 0.3) is 5.56 Å². The van der Waals surface area contributed by atoms with E-state index >= 15 is 0 Å². The first kappa shape index (κ1) is 20.5. The van der Waals surface area contributed by atoms with Gasteiger partial charge in [0.15, 0.2) is 11.2 Å². The highest BCUT2D eigenvalue weighted by Gasteiger charge is 2.21. The first-order chi connectivity index (χ1) is 14.4. The summed E-state index contributed by atoms with van der Waals surface area (Å²) >= 11 is 0. The molecule has 2 aromatic heterocycles. The number of aromatic nitrogens is 4. The van der Waals surface area contributed by atoms with Gasteiger partial charge in [-0.3, -0.25) is 23.7 Å². The van der Waals surface area contributed by atoms with Gasteiger partial charge in [0.05, 0.1) is 19.0 Å². The molecule has 0 spiro atoms. The van der Waals surface area contributed by atoms with E-state index in [0.29, 0.717) is 17.7 Å². The molecule has 3 aromatic rings. The third-order valence-corrected chi connectivity index (χ3v) is 5.81. The monoisotopic (exact) mass is 412 g/mol. The third kappa shape index (κ3) is 4.09. The number of hydrogen-bond donors (Lipinski definition) is 1. The smallest absolute Gasteiger partial charge is 0.332 e. The van der Waals surface area contributed by atoms with Crippen molar-refractivity contribution in [2.75, 3.05) is 32.7 Å². The molecule has 9 heteroatoms. The van der Waals surface area contributed by atoms with Crippen LogP contribution in [-0.2, 0) is 27.2 Å². The maximum absolute atomic E-state index is 12.5. The summed E-state index contributed by atoms with van der Waals surface area (Å²) in [5.74, 6) is 0. The lowest BCUT2D eigenvalue weighted by Crippen LogP contribution is -2.48. The van der Waals surface area contributed by atoms with E-state index in [9.17, 15) is 14.7 Å². The number of rotatable bonds is 6. The Morgan fingerprint density at radius 1 is 0.967 bits per heavy atom. The Bertz CT molecular complexity index is 1130. The zero-order valence-corrected chi connectivity index (χ0v) is 17.4. The molecule has 1 N–H and O–H groups in total. The van der Waals surface area contributed by atoms with Crippen molar-refractivity contribution >= 4 is 11.2 Å². The molecule has 160 valence electrons. The van der Waals surface area contributed by atoms with Crippen LogP contribution < -0.4 is 11.2 Å². The van der Waals surface area contributed by atoms with Crippen LogP contribution in [0.2, 0.25) is 0 Å². The minimum absolute atomic E-state index is 0.258. The van der Waals surface area contributed by atoms with Crippen molar-refractivity contribution in [1.29, 1.82) is 0 Å². The number of aryl methyl sites for hydroxylation is 1.